The smallest absolute Gasteiger partial charge is 0.136 e. The van der Waals surface area contributed by atoms with Gasteiger partial charge in [-0.1, -0.05) is 152 Å². The predicted molar refractivity (Wildman–Crippen MR) is 257 cm³/mol. The van der Waals surface area contributed by atoms with Gasteiger partial charge in [-0.15, -0.1) is 0 Å². The lowest BCUT2D eigenvalue weighted by atomic mass is 9.95. The van der Waals surface area contributed by atoms with Gasteiger partial charge in [0.15, 0.2) is 0 Å². The van der Waals surface area contributed by atoms with Crippen LogP contribution in [0, 0.1) is 0 Å². The Balaban J connectivity index is 1.01. The summed E-state index contributed by atoms with van der Waals surface area (Å²) in [6.45, 7) is 0. The number of rotatable bonds is 7. The highest BCUT2D eigenvalue weighted by Gasteiger charge is 2.20. The second kappa shape index (κ2) is 14.3. The molecule has 2 aromatic heterocycles. The van der Waals surface area contributed by atoms with Gasteiger partial charge in [0, 0.05) is 44.3 Å². The highest BCUT2D eigenvalue weighted by molar-refractivity contribution is 6.21. The Labute approximate surface area is 353 Å². The molecule has 0 saturated carbocycles. The first-order valence-corrected chi connectivity index (χ1v) is 20.8. The van der Waals surface area contributed by atoms with E-state index in [9.17, 15) is 0 Å². The van der Waals surface area contributed by atoms with Crippen molar-refractivity contribution in [2.75, 3.05) is 4.90 Å². The van der Waals surface area contributed by atoms with Crippen molar-refractivity contribution in [3.63, 3.8) is 0 Å². The Bertz CT molecular complexity index is 3570. The van der Waals surface area contributed by atoms with Crippen LogP contribution in [0.3, 0.4) is 0 Å². The van der Waals surface area contributed by atoms with Crippen molar-refractivity contribution >= 4 is 71.6 Å². The minimum absolute atomic E-state index is 0.867. The molecule has 0 aliphatic heterocycles. The molecule has 0 N–H and O–H groups in total. The van der Waals surface area contributed by atoms with E-state index in [-0.39, 0.29) is 0 Å². The SMILES string of the molecule is c1ccc(-c2ccc(N(c3cccc(-c4ccccc4)c3)c3ccc4oc5ccc6cc(-c7cccc8c7c7ccccc7n8-c7ccccc7)ccc6c5c4c3)cc2)cc1. The Kier molecular flexibility index (Phi) is 8.17. The standard InChI is InChI=1S/C58H38N2O/c1-4-14-39(15-5-1)41-26-30-46(31-27-41)59(47-21-12-18-42(37-47)40-16-6-2-7-17-40)48-32-35-55-52(38-48)58-50-33-28-43(36-44(50)29-34-56(58)61-55)49-23-13-25-54-57(49)51-22-10-11-24-53(51)60(54)45-19-8-3-9-20-45/h1-38H. The number of fused-ring (bicyclic) bond motifs is 8. The number of hydrogen-bond donors (Lipinski definition) is 0. The van der Waals surface area contributed by atoms with E-state index in [1.165, 1.54) is 66.0 Å². The monoisotopic (exact) mass is 778 g/mol. The van der Waals surface area contributed by atoms with Crippen molar-refractivity contribution in [3.05, 3.63) is 231 Å². The molecule has 12 rings (SSSR count). The number of nitrogens with zero attached hydrogens (tertiary/aromatic N) is 2. The summed E-state index contributed by atoms with van der Waals surface area (Å²) < 4.78 is 8.97. The molecule has 3 nitrogen and oxygen atoms in total. The fourth-order valence-electron chi connectivity index (χ4n) is 9.35. The van der Waals surface area contributed by atoms with Crippen molar-refractivity contribution in [1.82, 2.24) is 4.57 Å². The first-order chi connectivity index (χ1) is 30.2. The predicted octanol–water partition coefficient (Wildman–Crippen LogP) is 16.3. The molecule has 0 saturated heterocycles. The summed E-state index contributed by atoms with van der Waals surface area (Å²) in [6.07, 6.45) is 0. The number of hydrogen-bond acceptors (Lipinski definition) is 2. The van der Waals surface area contributed by atoms with E-state index in [1.54, 1.807) is 0 Å². The molecule has 0 atom stereocenters. The van der Waals surface area contributed by atoms with Crippen LogP contribution in [0.4, 0.5) is 17.1 Å². The summed E-state index contributed by atoms with van der Waals surface area (Å²) in [6, 6.07) is 82.8. The summed E-state index contributed by atoms with van der Waals surface area (Å²) in [4.78, 5) is 2.36. The summed E-state index contributed by atoms with van der Waals surface area (Å²) >= 11 is 0. The molecule has 0 aliphatic rings. The number of anilines is 3. The van der Waals surface area contributed by atoms with Gasteiger partial charge >= 0.3 is 0 Å². The van der Waals surface area contributed by atoms with Gasteiger partial charge in [-0.3, -0.25) is 0 Å². The molecule has 10 aromatic carbocycles. The van der Waals surface area contributed by atoms with Gasteiger partial charge < -0.3 is 13.9 Å². The Morgan fingerprint density at radius 1 is 0.328 bits per heavy atom. The number of aromatic nitrogens is 1. The van der Waals surface area contributed by atoms with Crippen LogP contribution in [0.5, 0.6) is 0 Å². The van der Waals surface area contributed by atoms with Crippen LogP contribution in [0.15, 0.2) is 235 Å². The van der Waals surface area contributed by atoms with Crippen molar-refractivity contribution in [3.8, 4) is 39.1 Å². The topological polar surface area (TPSA) is 21.3 Å². The van der Waals surface area contributed by atoms with Crippen LogP contribution < -0.4 is 4.90 Å². The quantitative estimate of drug-likeness (QED) is 0.161. The van der Waals surface area contributed by atoms with Crippen LogP contribution in [-0.4, -0.2) is 4.57 Å². The maximum Gasteiger partial charge on any atom is 0.136 e. The first-order valence-electron chi connectivity index (χ1n) is 20.8. The van der Waals surface area contributed by atoms with E-state index in [1.807, 2.05) is 0 Å². The molecule has 0 radical (unpaired) electrons. The summed E-state index contributed by atoms with van der Waals surface area (Å²) in [5, 5.41) is 7.05. The van der Waals surface area contributed by atoms with Crippen molar-refractivity contribution in [2.45, 2.75) is 0 Å². The molecule has 12 aromatic rings. The average molecular weight is 779 g/mol. The third kappa shape index (κ3) is 5.90. The summed E-state index contributed by atoms with van der Waals surface area (Å²) in [5.74, 6) is 0. The van der Waals surface area contributed by atoms with E-state index in [0.717, 1.165) is 44.7 Å². The highest BCUT2D eigenvalue weighted by Crippen LogP contribution is 2.44. The molecular weight excluding hydrogens is 741 g/mol. The zero-order chi connectivity index (χ0) is 40.3. The van der Waals surface area contributed by atoms with Crippen LogP contribution in [0.25, 0.3) is 93.6 Å². The summed E-state index contributed by atoms with van der Waals surface area (Å²) in [7, 11) is 0. The zero-order valence-electron chi connectivity index (χ0n) is 33.2. The molecule has 61 heavy (non-hydrogen) atoms. The number of para-hydroxylation sites is 2. The lowest BCUT2D eigenvalue weighted by Gasteiger charge is -2.26. The first kappa shape index (κ1) is 34.9. The van der Waals surface area contributed by atoms with E-state index in [4.69, 9.17) is 4.42 Å². The average Bonchev–Trinajstić information content (AvgIpc) is 3.89. The molecule has 2 heterocycles. The van der Waals surface area contributed by atoms with Gasteiger partial charge in [0.1, 0.15) is 11.2 Å². The maximum atomic E-state index is 6.59. The zero-order valence-corrected chi connectivity index (χ0v) is 33.2. The van der Waals surface area contributed by atoms with Crippen LogP contribution in [0.1, 0.15) is 0 Å². The fourth-order valence-corrected chi connectivity index (χ4v) is 9.35. The molecule has 3 heteroatoms. The van der Waals surface area contributed by atoms with Gasteiger partial charge in [-0.2, -0.15) is 0 Å². The van der Waals surface area contributed by atoms with Crippen molar-refractivity contribution < 1.29 is 4.42 Å². The molecular formula is C58H38N2O. The third-order valence-corrected chi connectivity index (χ3v) is 12.2. The van der Waals surface area contributed by atoms with Crippen LogP contribution in [-0.2, 0) is 0 Å². The highest BCUT2D eigenvalue weighted by atomic mass is 16.3. The largest absolute Gasteiger partial charge is 0.456 e. The fraction of sp³-hybridized carbons (Fsp3) is 0. The van der Waals surface area contributed by atoms with E-state index in [0.29, 0.717) is 0 Å². The van der Waals surface area contributed by atoms with Crippen molar-refractivity contribution in [2.24, 2.45) is 0 Å². The van der Waals surface area contributed by atoms with Gasteiger partial charge in [-0.05, 0) is 123 Å². The van der Waals surface area contributed by atoms with Crippen LogP contribution in [0.2, 0.25) is 0 Å². The van der Waals surface area contributed by atoms with Gasteiger partial charge in [0.25, 0.3) is 0 Å². The maximum absolute atomic E-state index is 6.59. The molecule has 0 fully saturated rings. The van der Waals surface area contributed by atoms with Gasteiger partial charge in [0.05, 0.1) is 11.0 Å². The van der Waals surface area contributed by atoms with Crippen molar-refractivity contribution in [1.29, 1.82) is 0 Å². The third-order valence-electron chi connectivity index (χ3n) is 12.2. The molecule has 0 amide bonds. The Hall–Kier alpha value is -8.14. The normalized spacial score (nSPS) is 11.6. The molecule has 0 spiro atoms. The van der Waals surface area contributed by atoms with Gasteiger partial charge in [-0.25, -0.2) is 0 Å². The van der Waals surface area contributed by atoms with E-state index < -0.39 is 0 Å². The molecule has 0 aliphatic carbocycles. The number of furan rings is 1. The minimum atomic E-state index is 0.867. The summed E-state index contributed by atoms with van der Waals surface area (Å²) in [5.41, 5.74) is 15.7. The Morgan fingerprint density at radius 3 is 1.74 bits per heavy atom. The molecule has 0 unspecified atom stereocenters. The Morgan fingerprint density at radius 2 is 0.934 bits per heavy atom. The van der Waals surface area contributed by atoms with Gasteiger partial charge in [0.2, 0.25) is 0 Å². The lowest BCUT2D eigenvalue weighted by molar-refractivity contribution is 0.669. The van der Waals surface area contributed by atoms with Crippen LogP contribution >= 0.6 is 0 Å². The number of benzene rings is 10. The lowest BCUT2D eigenvalue weighted by Crippen LogP contribution is -2.10. The molecule has 0 bridgehead atoms. The minimum Gasteiger partial charge on any atom is -0.456 e. The molecule has 286 valence electrons. The second-order valence-electron chi connectivity index (χ2n) is 15.7. The van der Waals surface area contributed by atoms with E-state index in [2.05, 4.69) is 240 Å². The van der Waals surface area contributed by atoms with E-state index >= 15 is 0 Å². The second-order valence-corrected chi connectivity index (χ2v) is 15.7.